The maximum Gasteiger partial charge on any atom is 0.140 e. The largest absolute Gasteiger partial charge is 0.394 e. The van der Waals surface area contributed by atoms with E-state index < -0.39 is 31.0 Å². The minimum absolute atomic E-state index is 0.0814. The van der Waals surface area contributed by atoms with Gasteiger partial charge in [0.2, 0.25) is 0 Å². The predicted octanol–water partition coefficient (Wildman–Crippen LogP) is -1.33. The molecular weight excluding hydrogens is 252 g/mol. The molecule has 2 aromatic rings. The van der Waals surface area contributed by atoms with Crippen LogP contribution in [0.4, 0.5) is 0 Å². The van der Waals surface area contributed by atoms with Crippen molar-refractivity contribution in [3.8, 4) is 0 Å². The number of imidazole rings is 1. The zero-order valence-corrected chi connectivity index (χ0v) is 10.0. The van der Waals surface area contributed by atoms with Crippen LogP contribution < -0.4 is 0 Å². The van der Waals surface area contributed by atoms with Crippen LogP contribution in [-0.2, 0) is 0 Å². The number of aliphatic hydroxyl groups is 5. The van der Waals surface area contributed by atoms with Gasteiger partial charge in [0.15, 0.2) is 0 Å². The fourth-order valence-corrected chi connectivity index (χ4v) is 1.80. The zero-order chi connectivity index (χ0) is 14.0. The van der Waals surface area contributed by atoms with Crippen LogP contribution >= 0.6 is 0 Å². The second kappa shape index (κ2) is 5.64. The van der Waals surface area contributed by atoms with Crippen LogP contribution in [0.25, 0.3) is 11.0 Å². The summed E-state index contributed by atoms with van der Waals surface area (Å²) in [4.78, 5) is 6.89. The average Bonchev–Trinajstić information content (AvgIpc) is 2.87. The van der Waals surface area contributed by atoms with Crippen molar-refractivity contribution >= 4 is 11.0 Å². The molecule has 0 aliphatic rings. The molecule has 0 radical (unpaired) electrons. The van der Waals surface area contributed by atoms with Crippen LogP contribution in [0.15, 0.2) is 24.3 Å². The first-order valence-corrected chi connectivity index (χ1v) is 5.82. The Bertz CT molecular complexity index is 511. The van der Waals surface area contributed by atoms with Crippen molar-refractivity contribution in [2.45, 2.75) is 24.4 Å². The molecule has 7 nitrogen and oxygen atoms in total. The highest BCUT2D eigenvalue weighted by atomic mass is 16.4. The summed E-state index contributed by atoms with van der Waals surface area (Å²) in [7, 11) is 0. The van der Waals surface area contributed by atoms with Crippen molar-refractivity contribution in [1.29, 1.82) is 0 Å². The molecule has 0 fully saturated rings. The molecule has 0 aliphatic heterocycles. The third kappa shape index (κ3) is 2.75. The molecule has 7 heteroatoms. The number of hydrogen-bond acceptors (Lipinski definition) is 6. The number of aliphatic hydroxyl groups excluding tert-OH is 5. The Kier molecular flexibility index (Phi) is 4.13. The Labute approximate surface area is 108 Å². The fraction of sp³-hybridized carbons (Fsp3) is 0.417. The molecule has 2 rings (SSSR count). The molecule has 0 unspecified atom stereocenters. The van der Waals surface area contributed by atoms with Crippen LogP contribution in [0, 0.1) is 0 Å². The van der Waals surface area contributed by atoms with E-state index in [4.69, 9.17) is 5.11 Å². The highest BCUT2D eigenvalue weighted by molar-refractivity contribution is 5.74. The molecule has 1 heterocycles. The second-order valence-electron chi connectivity index (χ2n) is 4.32. The third-order valence-corrected chi connectivity index (χ3v) is 2.94. The van der Waals surface area contributed by atoms with E-state index >= 15 is 0 Å². The molecule has 0 aliphatic carbocycles. The first-order chi connectivity index (χ1) is 9.04. The van der Waals surface area contributed by atoms with Crippen molar-refractivity contribution in [3.63, 3.8) is 0 Å². The van der Waals surface area contributed by atoms with Gasteiger partial charge < -0.3 is 30.5 Å². The monoisotopic (exact) mass is 268 g/mol. The van der Waals surface area contributed by atoms with Gasteiger partial charge in [0.1, 0.15) is 30.2 Å². The molecule has 0 amide bonds. The molecule has 4 atom stereocenters. The highest BCUT2D eigenvalue weighted by Crippen LogP contribution is 2.21. The van der Waals surface area contributed by atoms with Gasteiger partial charge in [0.25, 0.3) is 0 Å². The summed E-state index contributed by atoms with van der Waals surface area (Å²) in [6, 6.07) is 7.05. The van der Waals surface area contributed by atoms with Crippen LogP contribution in [0.3, 0.4) is 0 Å². The van der Waals surface area contributed by atoms with Crippen molar-refractivity contribution in [3.05, 3.63) is 30.1 Å². The quantitative estimate of drug-likeness (QED) is 0.398. The van der Waals surface area contributed by atoms with Gasteiger partial charge in [-0.1, -0.05) is 12.1 Å². The molecule has 0 saturated carbocycles. The van der Waals surface area contributed by atoms with Crippen LogP contribution in [-0.4, -0.2) is 60.4 Å². The average molecular weight is 268 g/mol. The second-order valence-corrected chi connectivity index (χ2v) is 4.32. The molecule has 1 aromatic carbocycles. The standard InChI is InChI=1S/C12H16N2O5/c15-5-8(16)9(17)10(18)11(19)12-13-6-3-1-2-4-7(6)14-12/h1-4,8-11,15-19H,5H2,(H,13,14)/t8-,9+,10+,11+/m1/s1. The van der Waals surface area contributed by atoms with Crippen LogP contribution in [0.5, 0.6) is 0 Å². The fourth-order valence-electron chi connectivity index (χ4n) is 1.80. The Morgan fingerprint density at radius 2 is 1.74 bits per heavy atom. The lowest BCUT2D eigenvalue weighted by Crippen LogP contribution is -2.42. The van der Waals surface area contributed by atoms with E-state index in [1.165, 1.54) is 0 Å². The number of hydrogen-bond donors (Lipinski definition) is 6. The maximum absolute atomic E-state index is 9.91. The Morgan fingerprint density at radius 3 is 2.37 bits per heavy atom. The molecule has 0 bridgehead atoms. The molecule has 1 aromatic heterocycles. The van der Waals surface area contributed by atoms with E-state index in [1.54, 1.807) is 24.3 Å². The van der Waals surface area contributed by atoms with Gasteiger partial charge in [0, 0.05) is 0 Å². The predicted molar refractivity (Wildman–Crippen MR) is 66.2 cm³/mol. The summed E-state index contributed by atoms with van der Waals surface area (Å²) < 4.78 is 0. The third-order valence-electron chi connectivity index (χ3n) is 2.94. The number of fused-ring (bicyclic) bond motifs is 1. The normalized spacial score (nSPS) is 18.2. The lowest BCUT2D eigenvalue weighted by Gasteiger charge is -2.24. The molecule has 19 heavy (non-hydrogen) atoms. The molecule has 6 N–H and O–H groups in total. The number of rotatable bonds is 5. The number of benzene rings is 1. The summed E-state index contributed by atoms with van der Waals surface area (Å²) in [5.74, 6) is 0.0814. The Morgan fingerprint density at radius 1 is 1.05 bits per heavy atom. The first-order valence-electron chi connectivity index (χ1n) is 5.82. The van der Waals surface area contributed by atoms with Crippen molar-refractivity contribution in [2.24, 2.45) is 0 Å². The smallest absolute Gasteiger partial charge is 0.140 e. The number of aromatic amines is 1. The van der Waals surface area contributed by atoms with E-state index in [9.17, 15) is 20.4 Å². The lowest BCUT2D eigenvalue weighted by molar-refractivity contribution is -0.117. The minimum atomic E-state index is -1.67. The van der Waals surface area contributed by atoms with E-state index in [1.807, 2.05) is 0 Å². The van der Waals surface area contributed by atoms with Gasteiger partial charge in [-0.25, -0.2) is 4.98 Å². The topological polar surface area (TPSA) is 130 Å². The van der Waals surface area contributed by atoms with Crippen molar-refractivity contribution in [1.82, 2.24) is 9.97 Å². The minimum Gasteiger partial charge on any atom is -0.394 e. The number of nitrogens with one attached hydrogen (secondary N) is 1. The molecule has 0 saturated heterocycles. The highest BCUT2D eigenvalue weighted by Gasteiger charge is 2.32. The van der Waals surface area contributed by atoms with Crippen molar-refractivity contribution < 1.29 is 25.5 Å². The van der Waals surface area contributed by atoms with E-state index in [2.05, 4.69) is 9.97 Å². The maximum atomic E-state index is 9.91. The summed E-state index contributed by atoms with van der Waals surface area (Å²) in [6.07, 6.45) is -6.37. The lowest BCUT2D eigenvalue weighted by atomic mass is 10.0. The zero-order valence-electron chi connectivity index (χ0n) is 10.0. The van der Waals surface area contributed by atoms with Gasteiger partial charge in [-0.3, -0.25) is 0 Å². The Hall–Kier alpha value is -1.51. The number of aromatic nitrogens is 2. The van der Waals surface area contributed by atoms with Gasteiger partial charge in [-0.15, -0.1) is 0 Å². The van der Waals surface area contributed by atoms with E-state index in [-0.39, 0.29) is 5.82 Å². The number of para-hydroxylation sites is 2. The van der Waals surface area contributed by atoms with Crippen LogP contribution in [0.1, 0.15) is 11.9 Å². The van der Waals surface area contributed by atoms with E-state index in [0.717, 1.165) is 0 Å². The molecular formula is C12H16N2O5. The van der Waals surface area contributed by atoms with Gasteiger partial charge in [0.05, 0.1) is 17.6 Å². The number of nitrogens with zero attached hydrogens (tertiary/aromatic N) is 1. The Balaban J connectivity index is 2.20. The molecule has 0 spiro atoms. The van der Waals surface area contributed by atoms with Crippen LogP contribution in [0.2, 0.25) is 0 Å². The van der Waals surface area contributed by atoms with E-state index in [0.29, 0.717) is 11.0 Å². The summed E-state index contributed by atoms with van der Waals surface area (Å²) in [5, 5.41) is 47.1. The summed E-state index contributed by atoms with van der Waals surface area (Å²) in [5.41, 5.74) is 1.29. The number of H-pyrrole nitrogens is 1. The van der Waals surface area contributed by atoms with Gasteiger partial charge in [-0.05, 0) is 12.1 Å². The first kappa shape index (κ1) is 13.9. The van der Waals surface area contributed by atoms with Crippen molar-refractivity contribution in [2.75, 3.05) is 6.61 Å². The van der Waals surface area contributed by atoms with Gasteiger partial charge >= 0.3 is 0 Å². The molecule has 104 valence electrons. The SMILES string of the molecule is OC[C@@H](O)[C@H](O)[C@H](O)[C@H](O)c1nc2ccccc2[nH]1. The summed E-state index contributed by atoms with van der Waals surface area (Å²) >= 11 is 0. The summed E-state index contributed by atoms with van der Waals surface area (Å²) in [6.45, 7) is -0.717. The van der Waals surface area contributed by atoms with Gasteiger partial charge in [-0.2, -0.15) is 0 Å².